The van der Waals surface area contributed by atoms with Crippen LogP contribution in [0.2, 0.25) is 0 Å². The summed E-state index contributed by atoms with van der Waals surface area (Å²) in [5.74, 6) is -0.533. The monoisotopic (exact) mass is 193 g/mol. The Morgan fingerprint density at radius 2 is 2.43 bits per heavy atom. The molecule has 2 aromatic rings. The zero-order valence-electron chi connectivity index (χ0n) is 7.35. The van der Waals surface area contributed by atoms with Gasteiger partial charge in [0.1, 0.15) is 5.65 Å². The van der Waals surface area contributed by atoms with Gasteiger partial charge in [-0.2, -0.15) is 5.10 Å². The van der Waals surface area contributed by atoms with Gasteiger partial charge < -0.3 is 9.72 Å². The predicted octanol–water partition coefficient (Wildman–Crippen LogP) is -0.191. The number of esters is 1. The number of H-pyrrole nitrogens is 1. The second-order valence-corrected chi connectivity index (χ2v) is 2.66. The van der Waals surface area contributed by atoms with Gasteiger partial charge in [-0.25, -0.2) is 9.31 Å². The first kappa shape index (κ1) is 8.49. The van der Waals surface area contributed by atoms with Gasteiger partial charge in [-0.05, 0) is 0 Å². The Labute approximate surface area is 78.1 Å². The van der Waals surface area contributed by atoms with E-state index in [1.165, 1.54) is 30.0 Å². The van der Waals surface area contributed by atoms with Crippen molar-refractivity contribution in [3.05, 3.63) is 34.4 Å². The Kier molecular flexibility index (Phi) is 1.81. The number of methoxy groups -OCH3 is 1. The number of rotatable bonds is 1. The van der Waals surface area contributed by atoms with Crippen molar-refractivity contribution in [2.45, 2.75) is 0 Å². The molecule has 1 N–H and O–H groups in total. The molecule has 2 rings (SSSR count). The summed E-state index contributed by atoms with van der Waals surface area (Å²) in [6.07, 6.45) is 1.47. The van der Waals surface area contributed by atoms with Crippen molar-refractivity contribution in [3.63, 3.8) is 0 Å². The van der Waals surface area contributed by atoms with E-state index >= 15 is 0 Å². The maximum absolute atomic E-state index is 11.1. The Hall–Kier alpha value is -2.11. The van der Waals surface area contributed by atoms with Crippen molar-refractivity contribution in [2.24, 2.45) is 0 Å². The number of carbonyl (C=O) groups excluding carboxylic acids is 1. The molecule has 0 saturated carbocycles. The van der Waals surface area contributed by atoms with Crippen molar-refractivity contribution >= 4 is 11.6 Å². The third-order valence-corrected chi connectivity index (χ3v) is 1.75. The lowest BCUT2D eigenvalue weighted by Crippen LogP contribution is -2.05. The number of nitrogens with one attached hydrogen (secondary N) is 1. The molecule has 0 unspecified atom stereocenters. The van der Waals surface area contributed by atoms with E-state index in [4.69, 9.17) is 0 Å². The lowest BCUT2D eigenvalue weighted by atomic mass is 10.4. The van der Waals surface area contributed by atoms with Gasteiger partial charge in [0.05, 0.1) is 7.11 Å². The van der Waals surface area contributed by atoms with Gasteiger partial charge in [-0.3, -0.25) is 4.79 Å². The maximum atomic E-state index is 11.1. The molecule has 2 aromatic heterocycles. The lowest BCUT2D eigenvalue weighted by molar-refractivity contribution is 0.0593. The smallest absolute Gasteiger partial charge is 0.358 e. The third kappa shape index (κ3) is 1.26. The molecule has 2 heterocycles. The van der Waals surface area contributed by atoms with E-state index in [1.54, 1.807) is 0 Å². The molecule has 6 nitrogen and oxygen atoms in total. The average molecular weight is 193 g/mol. The van der Waals surface area contributed by atoms with E-state index in [0.717, 1.165) is 0 Å². The van der Waals surface area contributed by atoms with Gasteiger partial charge in [0.25, 0.3) is 5.56 Å². The largest absolute Gasteiger partial charge is 0.464 e. The zero-order valence-corrected chi connectivity index (χ0v) is 7.35. The van der Waals surface area contributed by atoms with Crippen LogP contribution >= 0.6 is 0 Å². The topological polar surface area (TPSA) is 76.5 Å². The van der Waals surface area contributed by atoms with Crippen LogP contribution in [0.4, 0.5) is 0 Å². The minimum atomic E-state index is -0.533. The molecule has 0 aliphatic heterocycles. The molecule has 0 radical (unpaired) electrons. The first-order valence-corrected chi connectivity index (χ1v) is 3.88. The summed E-state index contributed by atoms with van der Waals surface area (Å²) in [4.78, 5) is 24.5. The molecular formula is C8H7N3O3. The summed E-state index contributed by atoms with van der Waals surface area (Å²) in [7, 11) is 1.27. The fourth-order valence-electron chi connectivity index (χ4n) is 1.11. The van der Waals surface area contributed by atoms with Gasteiger partial charge in [-0.15, -0.1) is 0 Å². The normalized spacial score (nSPS) is 10.4. The van der Waals surface area contributed by atoms with E-state index in [9.17, 15) is 9.59 Å². The molecule has 0 amide bonds. The maximum Gasteiger partial charge on any atom is 0.358 e. The summed E-state index contributed by atoms with van der Waals surface area (Å²) >= 11 is 0. The molecule has 0 aliphatic rings. The fourth-order valence-corrected chi connectivity index (χ4v) is 1.11. The van der Waals surface area contributed by atoms with Crippen molar-refractivity contribution < 1.29 is 9.53 Å². The van der Waals surface area contributed by atoms with E-state index in [0.29, 0.717) is 5.65 Å². The summed E-state index contributed by atoms with van der Waals surface area (Å²) in [5, 5.41) is 3.90. The summed E-state index contributed by atoms with van der Waals surface area (Å²) in [5.41, 5.74) is 0.376. The molecule has 14 heavy (non-hydrogen) atoms. The summed E-state index contributed by atoms with van der Waals surface area (Å²) < 4.78 is 5.89. The molecule has 0 atom stereocenters. The Balaban J connectivity index is 2.62. The Morgan fingerprint density at radius 1 is 1.64 bits per heavy atom. The van der Waals surface area contributed by atoms with Crippen LogP contribution in [-0.2, 0) is 4.74 Å². The Bertz CT molecular complexity index is 540. The highest BCUT2D eigenvalue weighted by atomic mass is 16.5. The van der Waals surface area contributed by atoms with E-state index < -0.39 is 5.97 Å². The SMILES string of the molecule is COC(=O)c1cc2[nH]c(=O)ccn2n1. The van der Waals surface area contributed by atoms with Crippen LogP contribution < -0.4 is 5.56 Å². The standard InChI is InChI=1S/C8H7N3O3/c1-14-8(13)5-4-6-9-7(12)2-3-11(6)10-5/h2-4H,1H3,(H,9,12). The van der Waals surface area contributed by atoms with E-state index in [-0.39, 0.29) is 11.3 Å². The van der Waals surface area contributed by atoms with Crippen LogP contribution in [-0.4, -0.2) is 27.7 Å². The molecule has 6 heteroatoms. The molecule has 0 fully saturated rings. The molecule has 0 aromatic carbocycles. The van der Waals surface area contributed by atoms with Crippen LogP contribution in [0.1, 0.15) is 10.5 Å². The highest BCUT2D eigenvalue weighted by molar-refractivity contribution is 5.88. The van der Waals surface area contributed by atoms with Crippen LogP contribution in [0.3, 0.4) is 0 Å². The average Bonchev–Trinajstić information content (AvgIpc) is 2.59. The molecular weight excluding hydrogens is 186 g/mol. The highest BCUT2D eigenvalue weighted by Crippen LogP contribution is 2.02. The first-order valence-electron chi connectivity index (χ1n) is 3.88. The van der Waals surface area contributed by atoms with Gasteiger partial charge in [-0.1, -0.05) is 0 Å². The molecule has 0 aliphatic carbocycles. The molecule has 0 bridgehead atoms. The second kappa shape index (κ2) is 2.99. The zero-order chi connectivity index (χ0) is 10.1. The number of ether oxygens (including phenoxy) is 1. The quantitative estimate of drug-likeness (QED) is 0.637. The molecule has 72 valence electrons. The minimum Gasteiger partial charge on any atom is -0.464 e. The van der Waals surface area contributed by atoms with Crippen molar-refractivity contribution in [1.29, 1.82) is 0 Å². The number of hydrogen-bond donors (Lipinski definition) is 1. The van der Waals surface area contributed by atoms with E-state index in [1.807, 2.05) is 0 Å². The lowest BCUT2D eigenvalue weighted by Gasteiger charge is -1.90. The summed E-state index contributed by atoms with van der Waals surface area (Å²) in [6.45, 7) is 0. The van der Waals surface area contributed by atoms with Crippen LogP contribution in [0, 0.1) is 0 Å². The number of nitrogens with zero attached hydrogens (tertiary/aromatic N) is 2. The van der Waals surface area contributed by atoms with Gasteiger partial charge >= 0.3 is 5.97 Å². The number of carbonyl (C=O) groups is 1. The van der Waals surface area contributed by atoms with Crippen LogP contribution in [0.25, 0.3) is 5.65 Å². The highest BCUT2D eigenvalue weighted by Gasteiger charge is 2.10. The number of fused-ring (bicyclic) bond motifs is 1. The van der Waals surface area contributed by atoms with Crippen LogP contribution in [0.5, 0.6) is 0 Å². The van der Waals surface area contributed by atoms with E-state index in [2.05, 4.69) is 14.8 Å². The minimum absolute atomic E-state index is 0.161. The van der Waals surface area contributed by atoms with Gasteiger partial charge in [0.15, 0.2) is 5.69 Å². The molecule has 0 spiro atoms. The third-order valence-electron chi connectivity index (χ3n) is 1.75. The first-order chi connectivity index (χ1) is 6.70. The predicted molar refractivity (Wildman–Crippen MR) is 47.2 cm³/mol. The summed E-state index contributed by atoms with van der Waals surface area (Å²) in [6, 6.07) is 2.77. The second-order valence-electron chi connectivity index (χ2n) is 2.66. The van der Waals surface area contributed by atoms with Crippen molar-refractivity contribution in [3.8, 4) is 0 Å². The van der Waals surface area contributed by atoms with Crippen molar-refractivity contribution in [2.75, 3.05) is 7.11 Å². The van der Waals surface area contributed by atoms with Crippen LogP contribution in [0.15, 0.2) is 23.1 Å². The molecule has 0 saturated heterocycles. The number of aromatic amines is 1. The number of aromatic nitrogens is 3. The van der Waals surface area contributed by atoms with Crippen molar-refractivity contribution in [1.82, 2.24) is 14.6 Å². The fraction of sp³-hybridized carbons (Fsp3) is 0.125. The number of hydrogen-bond acceptors (Lipinski definition) is 4. The van der Waals surface area contributed by atoms with Gasteiger partial charge in [0, 0.05) is 18.3 Å². The Morgan fingerprint density at radius 3 is 3.14 bits per heavy atom. The van der Waals surface area contributed by atoms with Gasteiger partial charge in [0.2, 0.25) is 0 Å².